The molecule has 0 aliphatic heterocycles. The maximum atomic E-state index is 13.4. The highest BCUT2D eigenvalue weighted by atomic mass is 16.6. The topological polar surface area (TPSA) is 123 Å². The Bertz CT molecular complexity index is 926. The molecule has 0 saturated heterocycles. The van der Waals surface area contributed by atoms with Crippen molar-refractivity contribution in [1.29, 1.82) is 0 Å². The lowest BCUT2D eigenvalue weighted by Gasteiger charge is -2.29. The quantitative estimate of drug-likeness (QED) is 0.289. The average molecular weight is 548 g/mol. The van der Waals surface area contributed by atoms with Crippen LogP contribution >= 0.6 is 0 Å². The number of rotatable bonds is 14. The van der Waals surface area contributed by atoms with Gasteiger partial charge in [-0.3, -0.25) is 9.59 Å². The molecule has 3 N–H and O–H groups in total. The van der Waals surface area contributed by atoms with Crippen molar-refractivity contribution in [2.75, 3.05) is 0 Å². The first-order valence-corrected chi connectivity index (χ1v) is 13.9. The van der Waals surface area contributed by atoms with E-state index in [2.05, 4.69) is 16.0 Å². The molecule has 0 spiro atoms. The third-order valence-corrected chi connectivity index (χ3v) is 6.04. The van der Waals surface area contributed by atoms with Gasteiger partial charge in [-0.15, -0.1) is 0 Å². The molecular formula is C30H49N3O6. The summed E-state index contributed by atoms with van der Waals surface area (Å²) in [7, 11) is 0. The van der Waals surface area contributed by atoms with Crippen LogP contribution in [0, 0.1) is 17.8 Å². The fourth-order valence-corrected chi connectivity index (χ4v) is 3.89. The highest BCUT2D eigenvalue weighted by molar-refractivity contribution is 5.93. The van der Waals surface area contributed by atoms with Gasteiger partial charge in [0.1, 0.15) is 30.3 Å². The molecule has 3 amide bonds. The van der Waals surface area contributed by atoms with E-state index in [9.17, 15) is 19.2 Å². The Kier molecular flexibility index (Phi) is 14.0. The van der Waals surface area contributed by atoms with Crippen LogP contribution in [0.15, 0.2) is 30.3 Å². The Morgan fingerprint density at radius 2 is 1.33 bits per heavy atom. The summed E-state index contributed by atoms with van der Waals surface area (Å²) in [5.41, 5.74) is 0.125. The van der Waals surface area contributed by atoms with Gasteiger partial charge >= 0.3 is 12.1 Å². The van der Waals surface area contributed by atoms with Gasteiger partial charge in [-0.1, -0.05) is 78.3 Å². The number of esters is 1. The van der Waals surface area contributed by atoms with Crippen LogP contribution in [-0.4, -0.2) is 47.6 Å². The molecule has 0 fully saturated rings. The van der Waals surface area contributed by atoms with E-state index in [1.165, 1.54) is 0 Å². The minimum absolute atomic E-state index is 0.0792. The van der Waals surface area contributed by atoms with Crippen molar-refractivity contribution in [2.24, 2.45) is 17.8 Å². The Hall–Kier alpha value is -3.10. The number of nitrogens with one attached hydrogen (secondary N) is 3. The molecule has 0 aliphatic rings. The zero-order valence-corrected chi connectivity index (χ0v) is 25.1. The standard InChI is InChI=1S/C30H49N3O6/c1-10-21(6)25(33-29(37)39-30(7,8)9)27(35)31-23(16-19(2)3)26(34)32-24(17-20(4)5)28(36)38-18-22-14-12-11-13-15-22/h11-15,19-21,23-25H,10,16-18H2,1-9H3,(H,31,35)(H,32,34)(H,33,37)/t21-,23-,24-,25-/m0/s1. The van der Waals surface area contributed by atoms with Gasteiger partial charge in [-0.05, 0) is 56.9 Å². The molecule has 4 atom stereocenters. The van der Waals surface area contributed by atoms with Gasteiger partial charge in [0, 0.05) is 0 Å². The second-order valence-corrected chi connectivity index (χ2v) is 12.0. The first-order chi connectivity index (χ1) is 18.1. The van der Waals surface area contributed by atoms with Crippen LogP contribution in [0.3, 0.4) is 0 Å². The average Bonchev–Trinajstić information content (AvgIpc) is 2.83. The molecule has 1 aromatic carbocycles. The molecule has 220 valence electrons. The van der Waals surface area contributed by atoms with Crippen LogP contribution in [0.1, 0.15) is 87.1 Å². The minimum Gasteiger partial charge on any atom is -0.459 e. The summed E-state index contributed by atoms with van der Waals surface area (Å²) in [5, 5.41) is 8.28. The third-order valence-electron chi connectivity index (χ3n) is 6.04. The maximum absolute atomic E-state index is 13.4. The van der Waals surface area contributed by atoms with Crippen LogP contribution < -0.4 is 16.0 Å². The van der Waals surface area contributed by atoms with E-state index in [0.29, 0.717) is 19.3 Å². The fourth-order valence-electron chi connectivity index (χ4n) is 3.89. The van der Waals surface area contributed by atoms with E-state index in [-0.39, 0.29) is 24.4 Å². The van der Waals surface area contributed by atoms with Gasteiger partial charge in [0.25, 0.3) is 0 Å². The Morgan fingerprint density at radius 3 is 1.85 bits per heavy atom. The minimum atomic E-state index is -0.902. The molecule has 39 heavy (non-hydrogen) atoms. The molecule has 1 aromatic rings. The zero-order chi connectivity index (χ0) is 29.8. The van der Waals surface area contributed by atoms with Crippen LogP contribution in [0.2, 0.25) is 0 Å². The second-order valence-electron chi connectivity index (χ2n) is 12.0. The SMILES string of the molecule is CC[C@H](C)[C@H](NC(=O)OC(C)(C)C)C(=O)N[C@@H](CC(C)C)C(=O)N[C@@H](CC(C)C)C(=O)OCc1ccccc1. The number of ether oxygens (including phenoxy) is 2. The van der Waals surface area contributed by atoms with Crippen molar-refractivity contribution in [3.63, 3.8) is 0 Å². The molecule has 9 heteroatoms. The summed E-state index contributed by atoms with van der Waals surface area (Å²) in [6.07, 6.45) is 0.659. The largest absolute Gasteiger partial charge is 0.459 e. The fraction of sp³-hybridized carbons (Fsp3) is 0.667. The van der Waals surface area contributed by atoms with E-state index in [1.807, 2.05) is 71.9 Å². The van der Waals surface area contributed by atoms with Gasteiger partial charge in [-0.2, -0.15) is 0 Å². The van der Waals surface area contributed by atoms with Crippen LogP contribution in [-0.2, 0) is 30.5 Å². The third kappa shape index (κ3) is 13.5. The van der Waals surface area contributed by atoms with Crippen molar-refractivity contribution in [3.8, 4) is 0 Å². The summed E-state index contributed by atoms with van der Waals surface area (Å²) in [4.78, 5) is 52.1. The van der Waals surface area contributed by atoms with Crippen molar-refractivity contribution in [2.45, 2.75) is 112 Å². The van der Waals surface area contributed by atoms with Crippen molar-refractivity contribution in [1.82, 2.24) is 16.0 Å². The molecule has 0 radical (unpaired) electrons. The zero-order valence-electron chi connectivity index (χ0n) is 25.1. The summed E-state index contributed by atoms with van der Waals surface area (Å²) >= 11 is 0. The summed E-state index contributed by atoms with van der Waals surface area (Å²) in [6.45, 7) is 16.9. The van der Waals surface area contributed by atoms with Gasteiger partial charge in [0.05, 0.1) is 0 Å². The predicted octanol–water partition coefficient (Wildman–Crippen LogP) is 4.73. The molecule has 0 unspecified atom stereocenters. The lowest BCUT2D eigenvalue weighted by molar-refractivity contribution is -0.150. The molecule has 0 saturated carbocycles. The maximum Gasteiger partial charge on any atom is 0.408 e. The summed E-state index contributed by atoms with van der Waals surface area (Å²) in [6, 6.07) is 6.66. The van der Waals surface area contributed by atoms with Crippen LogP contribution in [0.5, 0.6) is 0 Å². The van der Waals surface area contributed by atoms with E-state index in [4.69, 9.17) is 9.47 Å². The predicted molar refractivity (Wildman–Crippen MR) is 152 cm³/mol. The second kappa shape index (κ2) is 16.1. The molecule has 0 aliphatic carbocycles. The number of benzene rings is 1. The number of carbonyl (C=O) groups is 4. The molecule has 0 bridgehead atoms. The first-order valence-electron chi connectivity index (χ1n) is 13.9. The van der Waals surface area contributed by atoms with E-state index >= 15 is 0 Å². The Labute approximate surface area is 234 Å². The van der Waals surface area contributed by atoms with Crippen molar-refractivity contribution < 1.29 is 28.7 Å². The smallest absolute Gasteiger partial charge is 0.408 e. The van der Waals surface area contributed by atoms with Gasteiger partial charge < -0.3 is 25.4 Å². The highest BCUT2D eigenvalue weighted by Gasteiger charge is 2.33. The van der Waals surface area contributed by atoms with Crippen LogP contribution in [0.25, 0.3) is 0 Å². The number of hydrogen-bond acceptors (Lipinski definition) is 6. The van der Waals surface area contributed by atoms with Crippen LogP contribution in [0.4, 0.5) is 4.79 Å². The van der Waals surface area contributed by atoms with Crippen molar-refractivity contribution in [3.05, 3.63) is 35.9 Å². The Morgan fingerprint density at radius 1 is 0.795 bits per heavy atom. The number of carbonyl (C=O) groups excluding carboxylic acids is 4. The monoisotopic (exact) mass is 547 g/mol. The molecule has 0 aromatic heterocycles. The highest BCUT2D eigenvalue weighted by Crippen LogP contribution is 2.14. The lowest BCUT2D eigenvalue weighted by atomic mass is 9.96. The molecular weight excluding hydrogens is 498 g/mol. The number of alkyl carbamates (subject to hydrolysis) is 1. The molecule has 9 nitrogen and oxygen atoms in total. The van der Waals surface area contributed by atoms with E-state index < -0.39 is 47.6 Å². The summed E-state index contributed by atoms with van der Waals surface area (Å²) in [5.74, 6) is -1.50. The Balaban J connectivity index is 3.02. The van der Waals surface area contributed by atoms with E-state index in [1.54, 1.807) is 20.8 Å². The number of amides is 3. The van der Waals surface area contributed by atoms with Gasteiger partial charge in [0.15, 0.2) is 0 Å². The summed E-state index contributed by atoms with van der Waals surface area (Å²) < 4.78 is 10.8. The lowest BCUT2D eigenvalue weighted by Crippen LogP contribution is -2.57. The molecule has 0 heterocycles. The first kappa shape index (κ1) is 33.9. The number of hydrogen-bond donors (Lipinski definition) is 3. The normalized spacial score (nSPS) is 14.6. The van der Waals surface area contributed by atoms with Crippen molar-refractivity contribution >= 4 is 23.9 Å². The van der Waals surface area contributed by atoms with E-state index in [0.717, 1.165) is 5.56 Å². The van der Waals surface area contributed by atoms with Gasteiger partial charge in [-0.25, -0.2) is 9.59 Å². The van der Waals surface area contributed by atoms with Gasteiger partial charge in [0.2, 0.25) is 11.8 Å². The molecule has 1 rings (SSSR count).